The maximum atomic E-state index is 13.7. The summed E-state index contributed by atoms with van der Waals surface area (Å²) in [5.41, 5.74) is 0.959. The van der Waals surface area contributed by atoms with Crippen LogP contribution in [0.3, 0.4) is 0 Å². The van der Waals surface area contributed by atoms with Crippen molar-refractivity contribution in [2.24, 2.45) is 0 Å². The number of halogens is 1. The van der Waals surface area contributed by atoms with Gasteiger partial charge in [-0.25, -0.2) is 9.18 Å². The molecule has 1 aromatic rings. The molecule has 2 rings (SSSR count). The zero-order chi connectivity index (χ0) is 14.2. The summed E-state index contributed by atoms with van der Waals surface area (Å²) in [6, 6.07) is 9.48. The van der Waals surface area contributed by atoms with E-state index in [9.17, 15) is 9.18 Å². The maximum absolute atomic E-state index is 13.7. The van der Waals surface area contributed by atoms with Crippen LogP contribution in [0.1, 0.15) is 37.7 Å². The summed E-state index contributed by atoms with van der Waals surface area (Å²) in [5.74, 6) is -0.787. The van der Waals surface area contributed by atoms with Crippen molar-refractivity contribution in [2.75, 3.05) is 6.61 Å². The lowest BCUT2D eigenvalue weighted by Gasteiger charge is -2.22. The summed E-state index contributed by atoms with van der Waals surface area (Å²) < 4.78 is 24.0. The highest BCUT2D eigenvalue weighted by Gasteiger charge is 2.24. The molecular formula is C16H21FO3. The van der Waals surface area contributed by atoms with Crippen LogP contribution in [0.2, 0.25) is 0 Å². The largest absolute Gasteiger partial charge is 0.460 e. The molecule has 4 heteroatoms. The number of ether oxygens (including phenoxy) is 2. The molecule has 1 fully saturated rings. The van der Waals surface area contributed by atoms with Crippen LogP contribution in [0.25, 0.3) is 0 Å². The Hall–Kier alpha value is -1.42. The van der Waals surface area contributed by atoms with Gasteiger partial charge in [-0.2, -0.15) is 0 Å². The first-order chi connectivity index (χ1) is 9.75. The molecule has 110 valence electrons. The number of alkyl halides is 1. The number of esters is 1. The van der Waals surface area contributed by atoms with E-state index in [1.54, 1.807) is 0 Å². The van der Waals surface area contributed by atoms with E-state index in [-0.39, 0.29) is 12.7 Å². The van der Waals surface area contributed by atoms with Gasteiger partial charge >= 0.3 is 5.97 Å². The van der Waals surface area contributed by atoms with Crippen LogP contribution in [0, 0.1) is 0 Å². The molecule has 0 unspecified atom stereocenters. The molecule has 0 bridgehead atoms. The fourth-order valence-corrected chi connectivity index (χ4v) is 2.34. The normalized spacial score (nSPS) is 17.6. The van der Waals surface area contributed by atoms with E-state index in [2.05, 4.69) is 0 Å². The van der Waals surface area contributed by atoms with Crippen molar-refractivity contribution in [3.05, 3.63) is 35.9 Å². The summed E-state index contributed by atoms with van der Waals surface area (Å²) in [6.07, 6.45) is 3.18. The van der Waals surface area contributed by atoms with Crippen LogP contribution in [0.4, 0.5) is 4.39 Å². The zero-order valence-corrected chi connectivity index (χ0v) is 11.6. The fourth-order valence-electron chi connectivity index (χ4n) is 2.34. The van der Waals surface area contributed by atoms with Gasteiger partial charge in [0, 0.05) is 0 Å². The second-order valence-corrected chi connectivity index (χ2v) is 5.17. The highest BCUT2D eigenvalue weighted by atomic mass is 19.1. The first kappa shape index (κ1) is 15.0. The molecule has 20 heavy (non-hydrogen) atoms. The SMILES string of the molecule is O=C(OC1CCCCC1)[C@@H](F)COCc1ccccc1. The molecule has 1 aliphatic rings. The number of carbonyl (C=O) groups excluding carboxylic acids is 1. The van der Waals surface area contributed by atoms with Gasteiger partial charge in [0.15, 0.2) is 0 Å². The van der Waals surface area contributed by atoms with Gasteiger partial charge in [-0.05, 0) is 31.2 Å². The lowest BCUT2D eigenvalue weighted by atomic mass is 9.98. The quantitative estimate of drug-likeness (QED) is 0.749. The van der Waals surface area contributed by atoms with Crippen molar-refractivity contribution >= 4 is 5.97 Å². The van der Waals surface area contributed by atoms with Crippen molar-refractivity contribution in [3.63, 3.8) is 0 Å². The minimum atomic E-state index is -1.69. The van der Waals surface area contributed by atoms with Gasteiger partial charge in [0.1, 0.15) is 6.10 Å². The molecule has 1 aromatic carbocycles. The Bertz CT molecular complexity index is 401. The smallest absolute Gasteiger partial charge is 0.343 e. The molecule has 0 spiro atoms. The Morgan fingerprint density at radius 1 is 1.20 bits per heavy atom. The number of carbonyl (C=O) groups is 1. The van der Waals surface area contributed by atoms with E-state index in [4.69, 9.17) is 9.47 Å². The molecule has 1 saturated carbocycles. The van der Waals surface area contributed by atoms with Gasteiger partial charge in [-0.3, -0.25) is 0 Å². The standard InChI is InChI=1S/C16H21FO3/c17-15(12-19-11-13-7-3-1-4-8-13)16(18)20-14-9-5-2-6-10-14/h1,3-4,7-8,14-15H,2,5-6,9-12H2/t15-/m0/s1. The first-order valence-corrected chi connectivity index (χ1v) is 7.22. The minimum Gasteiger partial charge on any atom is -0.460 e. The molecule has 0 N–H and O–H groups in total. The highest BCUT2D eigenvalue weighted by Crippen LogP contribution is 2.21. The molecule has 1 aliphatic carbocycles. The van der Waals surface area contributed by atoms with E-state index in [0.717, 1.165) is 31.2 Å². The summed E-state index contributed by atoms with van der Waals surface area (Å²) in [6.45, 7) is 0.0540. The second kappa shape index (κ2) is 8.00. The molecular weight excluding hydrogens is 259 g/mol. The van der Waals surface area contributed by atoms with Gasteiger partial charge in [-0.1, -0.05) is 36.8 Å². The van der Waals surface area contributed by atoms with Gasteiger partial charge in [0.25, 0.3) is 0 Å². The molecule has 0 heterocycles. The van der Waals surface area contributed by atoms with Gasteiger partial charge < -0.3 is 9.47 Å². The monoisotopic (exact) mass is 280 g/mol. The van der Waals surface area contributed by atoms with E-state index < -0.39 is 12.1 Å². The van der Waals surface area contributed by atoms with Crippen molar-refractivity contribution in [1.82, 2.24) is 0 Å². The highest BCUT2D eigenvalue weighted by molar-refractivity contribution is 5.74. The Morgan fingerprint density at radius 3 is 2.60 bits per heavy atom. The van der Waals surface area contributed by atoms with Crippen LogP contribution < -0.4 is 0 Å². The van der Waals surface area contributed by atoms with E-state index >= 15 is 0 Å². The third-order valence-corrected chi connectivity index (χ3v) is 3.47. The van der Waals surface area contributed by atoms with Gasteiger partial charge in [0.05, 0.1) is 13.2 Å². The van der Waals surface area contributed by atoms with E-state index in [1.807, 2.05) is 30.3 Å². The molecule has 0 aliphatic heterocycles. The van der Waals surface area contributed by atoms with E-state index in [0.29, 0.717) is 6.61 Å². The summed E-state index contributed by atoms with van der Waals surface area (Å²) >= 11 is 0. The van der Waals surface area contributed by atoms with E-state index in [1.165, 1.54) is 6.42 Å². The average molecular weight is 280 g/mol. The molecule has 1 atom stereocenters. The topological polar surface area (TPSA) is 35.5 Å². The maximum Gasteiger partial charge on any atom is 0.343 e. The second-order valence-electron chi connectivity index (χ2n) is 5.17. The zero-order valence-electron chi connectivity index (χ0n) is 11.6. The third kappa shape index (κ3) is 4.93. The van der Waals surface area contributed by atoms with Gasteiger partial charge in [0.2, 0.25) is 6.17 Å². The average Bonchev–Trinajstić information content (AvgIpc) is 2.49. The molecule has 0 amide bonds. The number of benzene rings is 1. The van der Waals surface area contributed by atoms with Crippen LogP contribution in [0.5, 0.6) is 0 Å². The molecule has 0 radical (unpaired) electrons. The molecule has 3 nitrogen and oxygen atoms in total. The lowest BCUT2D eigenvalue weighted by molar-refractivity contribution is -0.159. The summed E-state index contributed by atoms with van der Waals surface area (Å²) in [4.78, 5) is 11.6. The summed E-state index contributed by atoms with van der Waals surface area (Å²) in [7, 11) is 0. The molecule has 0 saturated heterocycles. The summed E-state index contributed by atoms with van der Waals surface area (Å²) in [5, 5.41) is 0. The van der Waals surface area contributed by atoms with Crippen molar-refractivity contribution in [1.29, 1.82) is 0 Å². The van der Waals surface area contributed by atoms with Crippen molar-refractivity contribution < 1.29 is 18.7 Å². The minimum absolute atomic E-state index is 0.108. The Morgan fingerprint density at radius 2 is 1.90 bits per heavy atom. The molecule has 0 aromatic heterocycles. The lowest BCUT2D eigenvalue weighted by Crippen LogP contribution is -2.29. The van der Waals surface area contributed by atoms with Crippen molar-refractivity contribution in [2.45, 2.75) is 51.0 Å². The number of rotatable bonds is 6. The Kier molecular flexibility index (Phi) is 5.99. The van der Waals surface area contributed by atoms with Crippen LogP contribution in [-0.2, 0) is 20.9 Å². The Labute approximate surface area is 119 Å². The number of hydrogen-bond donors (Lipinski definition) is 0. The predicted octanol–water partition coefficient (Wildman–Crippen LogP) is 3.42. The first-order valence-electron chi connectivity index (χ1n) is 7.22. The van der Waals surface area contributed by atoms with Crippen LogP contribution >= 0.6 is 0 Å². The number of hydrogen-bond acceptors (Lipinski definition) is 3. The Balaban J connectivity index is 1.65. The predicted molar refractivity (Wildman–Crippen MR) is 74.0 cm³/mol. The van der Waals surface area contributed by atoms with Crippen LogP contribution in [0.15, 0.2) is 30.3 Å². The fraction of sp³-hybridized carbons (Fsp3) is 0.562. The third-order valence-electron chi connectivity index (χ3n) is 3.47. The van der Waals surface area contributed by atoms with Gasteiger partial charge in [-0.15, -0.1) is 0 Å². The van der Waals surface area contributed by atoms with Crippen molar-refractivity contribution in [3.8, 4) is 0 Å². The van der Waals surface area contributed by atoms with Crippen LogP contribution in [-0.4, -0.2) is 24.9 Å².